The van der Waals surface area contributed by atoms with Crippen molar-refractivity contribution in [3.05, 3.63) is 0 Å². The molecule has 3 heteroatoms. The molecule has 0 aliphatic carbocycles. The van der Waals surface area contributed by atoms with E-state index < -0.39 is 0 Å². The fraction of sp³-hybridized carbons (Fsp3) is 0.941. The summed E-state index contributed by atoms with van der Waals surface area (Å²) in [6, 6.07) is 0. The third-order valence-corrected chi connectivity index (χ3v) is 4.31. The molecule has 1 saturated heterocycles. The Balaban J connectivity index is 2.44. The minimum Gasteiger partial charge on any atom is -0.342 e. The van der Waals surface area contributed by atoms with Crippen LogP contribution >= 0.6 is 0 Å². The average molecular weight is 282 g/mol. The van der Waals surface area contributed by atoms with Crippen molar-refractivity contribution in [2.75, 3.05) is 19.6 Å². The maximum atomic E-state index is 12.2. The van der Waals surface area contributed by atoms with E-state index in [0.29, 0.717) is 23.7 Å². The molecule has 20 heavy (non-hydrogen) atoms. The highest BCUT2D eigenvalue weighted by Gasteiger charge is 2.25. The van der Waals surface area contributed by atoms with Gasteiger partial charge < -0.3 is 10.2 Å². The van der Waals surface area contributed by atoms with E-state index in [1.165, 1.54) is 6.42 Å². The molecule has 0 saturated carbocycles. The lowest BCUT2D eigenvalue weighted by atomic mass is 9.89. The molecule has 2 atom stereocenters. The van der Waals surface area contributed by atoms with Crippen LogP contribution in [-0.4, -0.2) is 36.0 Å². The lowest BCUT2D eigenvalue weighted by molar-refractivity contribution is -0.131. The zero-order chi connectivity index (χ0) is 15.3. The summed E-state index contributed by atoms with van der Waals surface area (Å²) in [5, 5.41) is 3.53. The van der Waals surface area contributed by atoms with E-state index in [-0.39, 0.29) is 5.54 Å². The number of hydrogen-bond acceptors (Lipinski definition) is 2. The predicted molar refractivity (Wildman–Crippen MR) is 85.7 cm³/mol. The number of nitrogens with zero attached hydrogens (tertiary/aromatic N) is 1. The van der Waals surface area contributed by atoms with E-state index in [2.05, 4.69) is 51.8 Å². The van der Waals surface area contributed by atoms with Crippen molar-refractivity contribution in [1.29, 1.82) is 0 Å². The van der Waals surface area contributed by atoms with Crippen LogP contribution in [0.15, 0.2) is 0 Å². The highest BCUT2D eigenvalue weighted by molar-refractivity contribution is 5.76. The topological polar surface area (TPSA) is 32.3 Å². The molecule has 1 heterocycles. The van der Waals surface area contributed by atoms with E-state index in [9.17, 15) is 4.79 Å². The van der Waals surface area contributed by atoms with Gasteiger partial charge in [0.25, 0.3) is 0 Å². The minimum absolute atomic E-state index is 0.153. The summed E-state index contributed by atoms with van der Waals surface area (Å²) in [7, 11) is 0. The standard InChI is InChI=1S/C17H34N2O/c1-13(2)15-7-8-16(20)19(10-9-15)12-14(3)11-18-17(4,5)6/h13-15,18H,7-12H2,1-6H3. The summed E-state index contributed by atoms with van der Waals surface area (Å²) in [6.45, 7) is 16.2. The van der Waals surface area contributed by atoms with Gasteiger partial charge in [-0.05, 0) is 57.9 Å². The Labute approximate surface area is 125 Å². The van der Waals surface area contributed by atoms with Crippen molar-refractivity contribution < 1.29 is 4.79 Å². The third kappa shape index (κ3) is 6.25. The normalized spacial score (nSPS) is 23.1. The summed E-state index contributed by atoms with van der Waals surface area (Å²) in [4.78, 5) is 14.3. The van der Waals surface area contributed by atoms with Gasteiger partial charge in [-0.1, -0.05) is 20.8 Å². The van der Waals surface area contributed by atoms with Crippen molar-refractivity contribution in [2.45, 2.75) is 66.3 Å². The molecular weight excluding hydrogens is 248 g/mol. The Bertz CT molecular complexity index is 307. The van der Waals surface area contributed by atoms with Gasteiger partial charge in [-0.3, -0.25) is 4.79 Å². The first-order valence-corrected chi connectivity index (χ1v) is 8.22. The number of carbonyl (C=O) groups is 1. The van der Waals surface area contributed by atoms with Crippen LogP contribution in [0.3, 0.4) is 0 Å². The Hall–Kier alpha value is -0.570. The van der Waals surface area contributed by atoms with Gasteiger partial charge in [0.15, 0.2) is 0 Å². The second kappa shape index (κ2) is 7.44. The highest BCUT2D eigenvalue weighted by Crippen LogP contribution is 2.25. The van der Waals surface area contributed by atoms with Crippen LogP contribution in [0.1, 0.15) is 60.8 Å². The number of amides is 1. The average Bonchev–Trinajstić information content (AvgIpc) is 2.49. The van der Waals surface area contributed by atoms with E-state index in [1.807, 2.05) is 0 Å². The van der Waals surface area contributed by atoms with Crippen molar-refractivity contribution in [2.24, 2.45) is 17.8 Å². The Kier molecular flexibility index (Phi) is 6.50. The van der Waals surface area contributed by atoms with E-state index in [0.717, 1.165) is 32.5 Å². The minimum atomic E-state index is 0.153. The number of hydrogen-bond donors (Lipinski definition) is 1. The molecule has 1 rings (SSSR count). The number of nitrogens with one attached hydrogen (secondary N) is 1. The third-order valence-electron chi connectivity index (χ3n) is 4.31. The Morgan fingerprint density at radius 3 is 2.45 bits per heavy atom. The predicted octanol–water partition coefficient (Wildman–Crippen LogP) is 3.30. The molecule has 118 valence electrons. The van der Waals surface area contributed by atoms with Gasteiger partial charge in [0.2, 0.25) is 5.91 Å². The summed E-state index contributed by atoms with van der Waals surface area (Å²) >= 11 is 0. The van der Waals surface area contributed by atoms with Crippen LogP contribution < -0.4 is 5.32 Å². The SMILES string of the molecule is CC(CNC(C)(C)C)CN1CCC(C(C)C)CCC1=O. The first-order valence-electron chi connectivity index (χ1n) is 8.22. The fourth-order valence-corrected chi connectivity index (χ4v) is 2.84. The van der Waals surface area contributed by atoms with Crippen molar-refractivity contribution in [1.82, 2.24) is 10.2 Å². The number of likely N-dealkylation sites (tertiary alicyclic amines) is 1. The van der Waals surface area contributed by atoms with Crippen LogP contribution in [0.4, 0.5) is 0 Å². The summed E-state index contributed by atoms with van der Waals surface area (Å²) < 4.78 is 0. The van der Waals surface area contributed by atoms with Gasteiger partial charge in [0.05, 0.1) is 0 Å². The molecule has 0 aromatic rings. The largest absolute Gasteiger partial charge is 0.342 e. The first kappa shape index (κ1) is 17.5. The Morgan fingerprint density at radius 2 is 1.90 bits per heavy atom. The number of carbonyl (C=O) groups excluding carboxylic acids is 1. The maximum absolute atomic E-state index is 12.2. The molecule has 1 aliphatic rings. The molecule has 1 aliphatic heterocycles. The lowest BCUT2D eigenvalue weighted by Crippen LogP contribution is -2.42. The van der Waals surface area contributed by atoms with Crippen LogP contribution in [0.2, 0.25) is 0 Å². The van der Waals surface area contributed by atoms with Gasteiger partial charge in [0, 0.05) is 25.0 Å². The number of rotatable bonds is 5. The molecular formula is C17H34N2O. The van der Waals surface area contributed by atoms with Crippen molar-refractivity contribution in [3.63, 3.8) is 0 Å². The second-order valence-corrected chi connectivity index (χ2v) is 7.91. The zero-order valence-corrected chi connectivity index (χ0v) is 14.3. The van der Waals surface area contributed by atoms with Crippen LogP contribution in [0.5, 0.6) is 0 Å². The summed E-state index contributed by atoms with van der Waals surface area (Å²) in [5.74, 6) is 2.28. The summed E-state index contributed by atoms with van der Waals surface area (Å²) in [5.41, 5.74) is 0.153. The first-order chi connectivity index (χ1) is 9.19. The molecule has 0 spiro atoms. The van der Waals surface area contributed by atoms with Gasteiger partial charge in [0.1, 0.15) is 0 Å². The molecule has 3 nitrogen and oxygen atoms in total. The maximum Gasteiger partial charge on any atom is 0.222 e. The molecule has 1 amide bonds. The lowest BCUT2D eigenvalue weighted by Gasteiger charge is -2.28. The van der Waals surface area contributed by atoms with Gasteiger partial charge >= 0.3 is 0 Å². The smallest absolute Gasteiger partial charge is 0.222 e. The molecule has 1 fully saturated rings. The fourth-order valence-electron chi connectivity index (χ4n) is 2.84. The second-order valence-electron chi connectivity index (χ2n) is 7.91. The van der Waals surface area contributed by atoms with Gasteiger partial charge in [-0.25, -0.2) is 0 Å². The van der Waals surface area contributed by atoms with Crippen LogP contribution in [0.25, 0.3) is 0 Å². The monoisotopic (exact) mass is 282 g/mol. The quantitative estimate of drug-likeness (QED) is 0.839. The van der Waals surface area contributed by atoms with E-state index in [4.69, 9.17) is 0 Å². The van der Waals surface area contributed by atoms with Crippen LogP contribution in [-0.2, 0) is 4.79 Å². The molecule has 0 radical (unpaired) electrons. The summed E-state index contributed by atoms with van der Waals surface area (Å²) in [6.07, 6.45) is 2.98. The van der Waals surface area contributed by atoms with Gasteiger partial charge in [-0.2, -0.15) is 0 Å². The molecule has 0 aromatic heterocycles. The Morgan fingerprint density at radius 1 is 1.25 bits per heavy atom. The molecule has 2 unspecified atom stereocenters. The molecule has 0 aromatic carbocycles. The van der Waals surface area contributed by atoms with Crippen LogP contribution in [0, 0.1) is 17.8 Å². The molecule has 0 bridgehead atoms. The molecule has 1 N–H and O–H groups in total. The van der Waals surface area contributed by atoms with Crippen molar-refractivity contribution in [3.8, 4) is 0 Å². The zero-order valence-electron chi connectivity index (χ0n) is 14.3. The van der Waals surface area contributed by atoms with E-state index >= 15 is 0 Å². The van der Waals surface area contributed by atoms with Gasteiger partial charge in [-0.15, -0.1) is 0 Å². The van der Waals surface area contributed by atoms with E-state index in [1.54, 1.807) is 0 Å². The highest BCUT2D eigenvalue weighted by atomic mass is 16.2. The van der Waals surface area contributed by atoms with Crippen molar-refractivity contribution >= 4 is 5.91 Å².